The summed E-state index contributed by atoms with van der Waals surface area (Å²) < 4.78 is 25.3. The second-order valence-electron chi connectivity index (χ2n) is 4.00. The van der Waals surface area contributed by atoms with Gasteiger partial charge in [-0.05, 0) is 24.8 Å². The molecule has 0 aliphatic heterocycles. The molecule has 1 saturated carbocycles. The van der Waals surface area contributed by atoms with E-state index in [1.165, 1.54) is 23.0 Å². The van der Waals surface area contributed by atoms with E-state index in [0.717, 1.165) is 12.8 Å². The minimum atomic E-state index is -3.35. The van der Waals surface area contributed by atoms with Gasteiger partial charge < -0.3 is 0 Å². The molecule has 0 saturated heterocycles. The fourth-order valence-corrected chi connectivity index (χ4v) is 2.84. The van der Waals surface area contributed by atoms with Crippen LogP contribution in [0.5, 0.6) is 0 Å². The van der Waals surface area contributed by atoms with Gasteiger partial charge >= 0.3 is 0 Å². The van der Waals surface area contributed by atoms with Gasteiger partial charge in [-0.1, -0.05) is 6.42 Å². The Balaban J connectivity index is 2.08. The Morgan fingerprint density at radius 1 is 1.60 bits per heavy atom. The molecule has 1 heterocycles. The Kier molecular flexibility index (Phi) is 2.79. The highest BCUT2D eigenvalue weighted by molar-refractivity contribution is 7.89. The minimum Gasteiger partial charge on any atom is -0.266 e. The van der Waals surface area contributed by atoms with Crippen molar-refractivity contribution in [3.8, 4) is 0 Å². The molecule has 1 aliphatic carbocycles. The van der Waals surface area contributed by atoms with Crippen molar-refractivity contribution < 1.29 is 8.42 Å². The topological polar surface area (TPSA) is 66.1 Å². The molecule has 6 heteroatoms. The van der Waals surface area contributed by atoms with Crippen LogP contribution in [0.1, 0.15) is 19.3 Å². The van der Waals surface area contributed by atoms with E-state index in [-0.39, 0.29) is 5.03 Å². The van der Waals surface area contributed by atoms with Crippen molar-refractivity contribution >= 4 is 10.0 Å². The average molecular weight is 229 g/mol. The summed E-state index contributed by atoms with van der Waals surface area (Å²) in [6.07, 6.45) is 4.96. The van der Waals surface area contributed by atoms with Gasteiger partial charge in [-0.15, -0.1) is 0 Å². The zero-order chi connectivity index (χ0) is 10.9. The molecule has 0 bridgehead atoms. The highest BCUT2D eigenvalue weighted by Gasteiger charge is 2.27. The fraction of sp³-hybridized carbons (Fsp3) is 0.667. The molecule has 1 aromatic heterocycles. The van der Waals surface area contributed by atoms with Crippen LogP contribution < -0.4 is 0 Å². The fourth-order valence-electron chi connectivity index (χ4n) is 1.69. The highest BCUT2D eigenvalue weighted by Crippen LogP contribution is 2.28. The van der Waals surface area contributed by atoms with Crippen LogP contribution in [0, 0.1) is 5.92 Å². The molecule has 0 aromatic carbocycles. The summed E-state index contributed by atoms with van der Waals surface area (Å²) in [5.74, 6) is 0.535. The smallest absolute Gasteiger partial charge is 0.259 e. The first kappa shape index (κ1) is 10.6. The number of nitrogens with one attached hydrogen (secondary N) is 1. The van der Waals surface area contributed by atoms with Crippen molar-refractivity contribution in [2.45, 2.75) is 24.3 Å². The minimum absolute atomic E-state index is 0.171. The molecule has 1 N–H and O–H groups in total. The van der Waals surface area contributed by atoms with Crippen LogP contribution in [0.3, 0.4) is 0 Å². The number of aromatic amines is 1. The van der Waals surface area contributed by atoms with Crippen molar-refractivity contribution in [3.05, 3.63) is 12.3 Å². The van der Waals surface area contributed by atoms with Crippen LogP contribution in [-0.4, -0.2) is 36.5 Å². The first-order valence-corrected chi connectivity index (χ1v) is 6.50. The third kappa shape index (κ3) is 2.05. The van der Waals surface area contributed by atoms with Crippen LogP contribution in [-0.2, 0) is 10.0 Å². The van der Waals surface area contributed by atoms with E-state index >= 15 is 0 Å². The van der Waals surface area contributed by atoms with Gasteiger partial charge in [0.25, 0.3) is 10.0 Å². The molecular weight excluding hydrogens is 214 g/mol. The standard InChI is InChI=1S/C9H15N3O2S/c1-12(7-8-3-2-4-8)15(13,14)9-5-6-10-11-9/h5-6,8H,2-4,7H2,1H3,(H,10,11). The van der Waals surface area contributed by atoms with Crippen LogP contribution in [0.2, 0.25) is 0 Å². The largest absolute Gasteiger partial charge is 0.266 e. The van der Waals surface area contributed by atoms with Crippen molar-refractivity contribution in [3.63, 3.8) is 0 Å². The van der Waals surface area contributed by atoms with Crippen LogP contribution >= 0.6 is 0 Å². The van der Waals surface area contributed by atoms with E-state index in [1.807, 2.05) is 0 Å². The predicted octanol–water partition coefficient (Wildman–Crippen LogP) is 0.830. The maximum atomic E-state index is 11.9. The van der Waals surface area contributed by atoms with E-state index in [9.17, 15) is 8.42 Å². The maximum Gasteiger partial charge on any atom is 0.259 e. The SMILES string of the molecule is CN(CC1CCC1)S(=O)(=O)c1ccn[nH]1. The van der Waals surface area contributed by atoms with Gasteiger partial charge in [-0.2, -0.15) is 9.40 Å². The molecule has 0 spiro atoms. The van der Waals surface area contributed by atoms with Crippen LogP contribution in [0.4, 0.5) is 0 Å². The third-order valence-electron chi connectivity index (χ3n) is 2.90. The van der Waals surface area contributed by atoms with Crippen LogP contribution in [0.15, 0.2) is 17.3 Å². The van der Waals surface area contributed by atoms with E-state index in [2.05, 4.69) is 10.2 Å². The number of nitrogens with zero attached hydrogens (tertiary/aromatic N) is 2. The Labute approximate surface area is 89.5 Å². The van der Waals surface area contributed by atoms with Crippen molar-refractivity contribution in [2.24, 2.45) is 5.92 Å². The molecule has 0 amide bonds. The molecular formula is C9H15N3O2S. The lowest BCUT2D eigenvalue weighted by atomic mass is 9.86. The number of aromatic nitrogens is 2. The van der Waals surface area contributed by atoms with Gasteiger partial charge in [0.1, 0.15) is 0 Å². The predicted molar refractivity (Wildman–Crippen MR) is 55.7 cm³/mol. The molecule has 15 heavy (non-hydrogen) atoms. The summed E-state index contributed by atoms with van der Waals surface area (Å²) in [5, 5.41) is 6.31. The molecule has 1 aliphatic rings. The molecule has 2 rings (SSSR count). The molecule has 0 radical (unpaired) electrons. The second kappa shape index (κ2) is 3.94. The zero-order valence-corrected chi connectivity index (χ0v) is 9.50. The van der Waals surface area contributed by atoms with E-state index in [4.69, 9.17) is 0 Å². The number of hydrogen-bond donors (Lipinski definition) is 1. The zero-order valence-electron chi connectivity index (χ0n) is 8.68. The summed E-state index contributed by atoms with van der Waals surface area (Å²) in [6, 6.07) is 1.48. The number of H-pyrrole nitrogens is 1. The van der Waals surface area contributed by atoms with Gasteiger partial charge in [-0.25, -0.2) is 8.42 Å². The molecule has 1 fully saturated rings. The highest BCUT2D eigenvalue weighted by atomic mass is 32.2. The number of hydrogen-bond acceptors (Lipinski definition) is 3. The first-order chi connectivity index (χ1) is 7.10. The molecule has 84 valence electrons. The van der Waals surface area contributed by atoms with E-state index in [0.29, 0.717) is 12.5 Å². The van der Waals surface area contributed by atoms with Crippen molar-refractivity contribution in [1.82, 2.24) is 14.5 Å². The van der Waals surface area contributed by atoms with Gasteiger partial charge in [0.05, 0.1) is 6.20 Å². The maximum absolute atomic E-state index is 11.9. The lowest BCUT2D eigenvalue weighted by molar-refractivity contribution is 0.262. The summed E-state index contributed by atoms with van der Waals surface area (Å²) >= 11 is 0. The summed E-state index contributed by atoms with van der Waals surface area (Å²) in [7, 11) is -1.73. The Hall–Kier alpha value is -0.880. The van der Waals surface area contributed by atoms with Gasteiger partial charge in [0.2, 0.25) is 0 Å². The van der Waals surface area contributed by atoms with Gasteiger partial charge in [-0.3, -0.25) is 5.10 Å². The van der Waals surface area contributed by atoms with Crippen molar-refractivity contribution in [1.29, 1.82) is 0 Å². The third-order valence-corrected chi connectivity index (χ3v) is 4.66. The average Bonchev–Trinajstić information content (AvgIpc) is 2.63. The molecule has 0 unspecified atom stereocenters. The normalized spacial score (nSPS) is 18.0. The van der Waals surface area contributed by atoms with E-state index < -0.39 is 10.0 Å². The van der Waals surface area contributed by atoms with E-state index in [1.54, 1.807) is 7.05 Å². The van der Waals surface area contributed by atoms with Crippen molar-refractivity contribution in [2.75, 3.05) is 13.6 Å². The molecule has 0 atom stereocenters. The first-order valence-electron chi connectivity index (χ1n) is 5.06. The Morgan fingerprint density at radius 3 is 2.80 bits per heavy atom. The summed E-state index contributed by atoms with van der Waals surface area (Å²) in [6.45, 7) is 0.612. The van der Waals surface area contributed by atoms with Crippen LogP contribution in [0.25, 0.3) is 0 Å². The lowest BCUT2D eigenvalue weighted by Crippen LogP contribution is -2.34. The summed E-state index contributed by atoms with van der Waals surface area (Å²) in [5.41, 5.74) is 0. The number of rotatable bonds is 4. The molecule has 1 aromatic rings. The molecule has 5 nitrogen and oxygen atoms in total. The van der Waals surface area contributed by atoms with Gasteiger partial charge in [0.15, 0.2) is 5.03 Å². The monoisotopic (exact) mass is 229 g/mol. The lowest BCUT2D eigenvalue weighted by Gasteiger charge is -2.29. The second-order valence-corrected chi connectivity index (χ2v) is 6.02. The van der Waals surface area contributed by atoms with Gasteiger partial charge in [0, 0.05) is 13.6 Å². The quantitative estimate of drug-likeness (QED) is 0.831. The summed E-state index contributed by atoms with van der Waals surface area (Å²) in [4.78, 5) is 0. The Bertz CT molecular complexity index is 409. The Morgan fingerprint density at radius 2 is 2.33 bits per heavy atom. The number of sulfonamides is 1.